The third-order valence-corrected chi connectivity index (χ3v) is 5.39. The fourth-order valence-electron chi connectivity index (χ4n) is 3.98. The summed E-state index contributed by atoms with van der Waals surface area (Å²) in [5.74, 6) is -0.602. The number of carbonyl (C=O) groups is 3. The molecule has 0 aliphatic carbocycles. The second kappa shape index (κ2) is 7.40. The van der Waals surface area contributed by atoms with Gasteiger partial charge in [-0.25, -0.2) is 19.4 Å². The van der Waals surface area contributed by atoms with Gasteiger partial charge in [0, 0.05) is 0 Å². The molecule has 9 nitrogen and oxygen atoms in total. The highest BCUT2D eigenvalue weighted by molar-refractivity contribution is 5.89. The van der Waals surface area contributed by atoms with Crippen LogP contribution in [0.25, 0.3) is 0 Å². The Kier molecular flexibility index (Phi) is 4.91. The number of ether oxygens (including phenoxy) is 2. The largest absolute Gasteiger partial charge is 0.448 e. The van der Waals surface area contributed by atoms with E-state index in [-0.39, 0.29) is 25.0 Å². The van der Waals surface area contributed by atoms with E-state index in [1.54, 1.807) is 19.9 Å². The van der Waals surface area contributed by atoms with Crippen LogP contribution in [-0.4, -0.2) is 58.1 Å². The summed E-state index contributed by atoms with van der Waals surface area (Å²) in [6.07, 6.45) is -0.627. The number of hydroxylamine groups is 2. The zero-order chi connectivity index (χ0) is 20.7. The fourth-order valence-corrected chi connectivity index (χ4v) is 3.98. The summed E-state index contributed by atoms with van der Waals surface area (Å²) >= 11 is 0. The van der Waals surface area contributed by atoms with Crippen LogP contribution in [0.15, 0.2) is 42.0 Å². The van der Waals surface area contributed by atoms with Gasteiger partial charge >= 0.3 is 12.2 Å². The van der Waals surface area contributed by atoms with E-state index in [9.17, 15) is 14.4 Å². The molecule has 4 atom stereocenters. The van der Waals surface area contributed by atoms with Crippen molar-refractivity contribution in [1.29, 1.82) is 0 Å². The number of rotatable bonds is 3. The van der Waals surface area contributed by atoms with Crippen LogP contribution in [0.4, 0.5) is 9.59 Å². The number of fused-ring (bicyclic) bond motifs is 1. The normalized spacial score (nSPS) is 27.6. The van der Waals surface area contributed by atoms with Gasteiger partial charge in [0.05, 0.1) is 18.6 Å². The molecule has 2 saturated heterocycles. The third-order valence-electron chi connectivity index (χ3n) is 5.39. The molecule has 5 rings (SSSR count). The molecule has 0 unspecified atom stereocenters. The van der Waals surface area contributed by atoms with E-state index in [0.29, 0.717) is 0 Å². The van der Waals surface area contributed by atoms with Crippen molar-refractivity contribution in [2.75, 3.05) is 6.61 Å². The molecule has 0 radical (unpaired) electrons. The highest BCUT2D eigenvalue weighted by Crippen LogP contribution is 2.43. The Morgan fingerprint density at radius 3 is 2.55 bits per heavy atom. The Morgan fingerprint density at radius 1 is 1.14 bits per heavy atom. The molecule has 3 amide bonds. The smallest absolute Gasteiger partial charge is 0.435 e. The minimum absolute atomic E-state index is 0.0874. The molecule has 0 N–H and O–H groups in total. The topological polar surface area (TPSA) is 88.6 Å². The van der Waals surface area contributed by atoms with Crippen LogP contribution < -0.4 is 0 Å². The van der Waals surface area contributed by atoms with Crippen molar-refractivity contribution in [3.63, 3.8) is 0 Å². The first-order valence-electron chi connectivity index (χ1n) is 9.58. The highest BCUT2D eigenvalue weighted by Gasteiger charge is 2.61. The van der Waals surface area contributed by atoms with Gasteiger partial charge in [0.15, 0.2) is 0 Å². The van der Waals surface area contributed by atoms with E-state index in [4.69, 9.17) is 14.3 Å². The highest BCUT2D eigenvalue weighted by atomic mass is 16.8. The summed E-state index contributed by atoms with van der Waals surface area (Å²) in [7, 11) is 0. The molecule has 4 aliphatic rings. The first-order chi connectivity index (χ1) is 13.9. The van der Waals surface area contributed by atoms with E-state index >= 15 is 0 Å². The maximum atomic E-state index is 12.8. The molecule has 0 aromatic heterocycles. The number of hydrogen-bond donors (Lipinski definition) is 0. The first-order valence-corrected chi connectivity index (χ1v) is 9.58. The maximum Gasteiger partial charge on any atom is 0.435 e. The molecule has 2 fully saturated rings. The van der Waals surface area contributed by atoms with E-state index in [2.05, 4.69) is 0 Å². The van der Waals surface area contributed by atoms with Gasteiger partial charge in [-0.1, -0.05) is 37.3 Å². The van der Waals surface area contributed by atoms with Crippen LogP contribution in [0, 0.1) is 5.92 Å². The number of carbonyl (C=O) groups excluding carboxylic acids is 3. The zero-order valence-electron chi connectivity index (χ0n) is 16.5. The molecule has 0 saturated carbocycles. The second-order valence-electron chi connectivity index (χ2n) is 7.22. The Bertz CT molecular complexity index is 857. The maximum absolute atomic E-state index is 12.8. The molecule has 2 bridgehead atoms. The second-order valence-corrected chi connectivity index (χ2v) is 7.22. The fraction of sp³-hybridized carbons (Fsp3) is 0.450. The van der Waals surface area contributed by atoms with Crippen molar-refractivity contribution in [2.45, 2.75) is 45.7 Å². The average Bonchev–Trinajstić information content (AvgIpc) is 2.93. The van der Waals surface area contributed by atoms with Crippen molar-refractivity contribution in [3.8, 4) is 0 Å². The Morgan fingerprint density at radius 2 is 1.86 bits per heavy atom. The van der Waals surface area contributed by atoms with Crippen molar-refractivity contribution >= 4 is 18.1 Å². The minimum Gasteiger partial charge on any atom is -0.448 e. The van der Waals surface area contributed by atoms with E-state index in [1.165, 1.54) is 5.01 Å². The Balaban J connectivity index is 1.60. The summed E-state index contributed by atoms with van der Waals surface area (Å²) in [6.45, 7) is 5.54. The lowest BCUT2D eigenvalue weighted by molar-refractivity contribution is -0.219. The van der Waals surface area contributed by atoms with Gasteiger partial charge in [-0.2, -0.15) is 10.1 Å². The molecular weight excluding hydrogens is 378 g/mol. The van der Waals surface area contributed by atoms with E-state index in [0.717, 1.165) is 21.2 Å². The van der Waals surface area contributed by atoms with Crippen LogP contribution in [0.3, 0.4) is 0 Å². The lowest BCUT2D eigenvalue weighted by Crippen LogP contribution is -2.71. The molecule has 29 heavy (non-hydrogen) atoms. The van der Waals surface area contributed by atoms with E-state index < -0.39 is 30.5 Å². The molecule has 1 aromatic rings. The quantitative estimate of drug-likeness (QED) is 0.571. The average molecular weight is 401 g/mol. The van der Waals surface area contributed by atoms with Gasteiger partial charge in [0.25, 0.3) is 0 Å². The molecule has 4 aliphatic heterocycles. The number of β-lactam (4-membered cyclic amide) rings is 1. The Hall–Kier alpha value is -3.07. The lowest BCUT2D eigenvalue weighted by Gasteiger charge is -2.50. The minimum atomic E-state index is -0.976. The Labute approximate surface area is 168 Å². The number of amides is 3. The standard InChI is InChI=1S/C20H23N3O6/c1-4-27-19(25)21-15-10-12(2)16(17-13(3)18(24)22(17)21)23(29-15)20(26)28-11-14-8-6-5-7-9-14/h5-10,13,15-17H,4,11H2,1-3H3/t13-,15+,16-,17+/m0/s1. The summed E-state index contributed by atoms with van der Waals surface area (Å²) in [4.78, 5) is 43.7. The predicted molar refractivity (Wildman–Crippen MR) is 99.5 cm³/mol. The number of benzene rings is 1. The molecule has 4 heterocycles. The van der Waals surface area contributed by atoms with Gasteiger partial charge in [-0.3, -0.25) is 4.79 Å². The summed E-state index contributed by atoms with van der Waals surface area (Å²) in [5.41, 5.74) is 1.66. The first kappa shape index (κ1) is 19.3. The van der Waals surface area contributed by atoms with Gasteiger partial charge in [0.2, 0.25) is 12.1 Å². The van der Waals surface area contributed by atoms with Crippen LogP contribution in [-0.2, 0) is 25.7 Å². The number of hydrogen-bond acceptors (Lipinski definition) is 6. The van der Waals surface area contributed by atoms with E-state index in [1.807, 2.05) is 37.3 Å². The van der Waals surface area contributed by atoms with Crippen molar-refractivity contribution in [1.82, 2.24) is 15.1 Å². The SMILES string of the molecule is CCOC(=O)N1[C@H]2C=C(C)[C@@H]([C@H]3[C@H](C)C(=O)N31)N(C(=O)OCc1ccccc1)O2. The molecular formula is C20H23N3O6. The van der Waals surface area contributed by atoms with Crippen molar-refractivity contribution in [2.24, 2.45) is 5.92 Å². The molecule has 0 spiro atoms. The number of nitrogens with zero attached hydrogens (tertiary/aromatic N) is 3. The van der Waals surface area contributed by atoms with Crippen molar-refractivity contribution < 1.29 is 28.7 Å². The van der Waals surface area contributed by atoms with Crippen LogP contribution in [0.5, 0.6) is 0 Å². The van der Waals surface area contributed by atoms with Gasteiger partial charge in [-0.05, 0) is 31.1 Å². The molecule has 154 valence electrons. The van der Waals surface area contributed by atoms with Crippen molar-refractivity contribution in [3.05, 3.63) is 47.5 Å². The molecule has 1 aromatic carbocycles. The molecule has 9 heteroatoms. The summed E-state index contributed by atoms with van der Waals surface area (Å²) in [6, 6.07) is 8.30. The third kappa shape index (κ3) is 3.11. The number of hydrazine groups is 1. The zero-order valence-corrected chi connectivity index (χ0v) is 16.5. The van der Waals surface area contributed by atoms with Gasteiger partial charge < -0.3 is 9.47 Å². The van der Waals surface area contributed by atoms with Crippen LogP contribution >= 0.6 is 0 Å². The van der Waals surface area contributed by atoms with Crippen LogP contribution in [0.2, 0.25) is 0 Å². The van der Waals surface area contributed by atoms with Gasteiger partial charge in [0.1, 0.15) is 12.6 Å². The predicted octanol–water partition coefficient (Wildman–Crippen LogP) is 2.45. The van der Waals surface area contributed by atoms with Gasteiger partial charge in [-0.15, -0.1) is 0 Å². The summed E-state index contributed by atoms with van der Waals surface area (Å²) in [5, 5.41) is 3.63. The lowest BCUT2D eigenvalue weighted by atomic mass is 9.82. The summed E-state index contributed by atoms with van der Waals surface area (Å²) < 4.78 is 10.5. The van der Waals surface area contributed by atoms with Crippen LogP contribution in [0.1, 0.15) is 26.3 Å². The monoisotopic (exact) mass is 401 g/mol.